The first-order valence-corrected chi connectivity index (χ1v) is 8.90. The lowest BCUT2D eigenvalue weighted by molar-refractivity contribution is 0.0627. The zero-order valence-electron chi connectivity index (χ0n) is 14.0. The number of benzene rings is 1. The van der Waals surface area contributed by atoms with Crippen LogP contribution in [0, 0.1) is 20.8 Å². The van der Waals surface area contributed by atoms with Gasteiger partial charge in [-0.1, -0.05) is 17.2 Å². The molecule has 0 radical (unpaired) electrons. The highest BCUT2D eigenvalue weighted by molar-refractivity contribution is 7.09. The van der Waals surface area contributed by atoms with Crippen LogP contribution in [0.25, 0.3) is 0 Å². The zero-order valence-corrected chi connectivity index (χ0v) is 14.8. The van der Waals surface area contributed by atoms with Crippen molar-refractivity contribution >= 4 is 17.2 Å². The number of piperazine rings is 1. The van der Waals surface area contributed by atoms with Gasteiger partial charge in [-0.05, 0) is 32.9 Å². The lowest BCUT2D eigenvalue weighted by Crippen LogP contribution is -2.48. The quantitative estimate of drug-likeness (QED) is 0.868. The molecule has 122 valence electrons. The third-order valence-electron chi connectivity index (χ3n) is 4.18. The van der Waals surface area contributed by atoms with Crippen molar-refractivity contribution < 1.29 is 4.79 Å². The molecule has 0 unspecified atom stereocenters. The van der Waals surface area contributed by atoms with Gasteiger partial charge in [0.25, 0.3) is 5.91 Å². The number of amides is 1. The Morgan fingerprint density at radius 1 is 1.09 bits per heavy atom. The van der Waals surface area contributed by atoms with Gasteiger partial charge in [-0.3, -0.25) is 9.69 Å². The Kier molecular flexibility index (Phi) is 4.78. The SMILES string of the molecule is Cc1cc(C)cc(C(=O)N2CCN(Cc3csc(C)n3)CC2)c1. The summed E-state index contributed by atoms with van der Waals surface area (Å²) in [4.78, 5) is 21.5. The van der Waals surface area contributed by atoms with Crippen molar-refractivity contribution in [3.63, 3.8) is 0 Å². The molecule has 2 aromatic rings. The molecule has 0 bridgehead atoms. The van der Waals surface area contributed by atoms with E-state index in [4.69, 9.17) is 0 Å². The first kappa shape index (κ1) is 16.1. The largest absolute Gasteiger partial charge is 0.336 e. The molecule has 4 nitrogen and oxygen atoms in total. The van der Waals surface area contributed by atoms with Crippen LogP contribution in [0.4, 0.5) is 0 Å². The lowest BCUT2D eigenvalue weighted by atomic mass is 10.1. The predicted octanol–water partition coefficient (Wildman–Crippen LogP) is 3.03. The monoisotopic (exact) mass is 329 g/mol. The second-order valence-corrected chi connectivity index (χ2v) is 7.36. The van der Waals surface area contributed by atoms with Crippen LogP contribution in [0.3, 0.4) is 0 Å². The summed E-state index contributed by atoms with van der Waals surface area (Å²) >= 11 is 1.70. The number of aromatic nitrogens is 1. The standard InChI is InChI=1S/C18H23N3OS/c1-13-8-14(2)10-16(9-13)18(22)21-6-4-20(5-7-21)11-17-12-23-15(3)19-17/h8-10,12H,4-7,11H2,1-3H3. The number of rotatable bonds is 3. The summed E-state index contributed by atoms with van der Waals surface area (Å²) in [6, 6.07) is 6.07. The molecule has 5 heteroatoms. The van der Waals surface area contributed by atoms with E-state index in [1.54, 1.807) is 11.3 Å². The predicted molar refractivity (Wildman–Crippen MR) is 93.9 cm³/mol. The summed E-state index contributed by atoms with van der Waals surface area (Å²) in [6.07, 6.45) is 0. The lowest BCUT2D eigenvalue weighted by Gasteiger charge is -2.34. The van der Waals surface area contributed by atoms with Crippen molar-refractivity contribution in [2.45, 2.75) is 27.3 Å². The maximum absolute atomic E-state index is 12.7. The van der Waals surface area contributed by atoms with Crippen LogP contribution in [0.2, 0.25) is 0 Å². The van der Waals surface area contributed by atoms with Crippen molar-refractivity contribution in [1.29, 1.82) is 0 Å². The van der Waals surface area contributed by atoms with E-state index in [0.717, 1.165) is 60.1 Å². The molecular formula is C18H23N3OS. The summed E-state index contributed by atoms with van der Waals surface area (Å²) in [7, 11) is 0. The molecule has 2 heterocycles. The van der Waals surface area contributed by atoms with Gasteiger partial charge in [0.2, 0.25) is 0 Å². The molecule has 1 amide bonds. The van der Waals surface area contributed by atoms with Crippen LogP contribution in [0.5, 0.6) is 0 Å². The van der Waals surface area contributed by atoms with Gasteiger partial charge in [0.05, 0.1) is 10.7 Å². The summed E-state index contributed by atoms with van der Waals surface area (Å²) in [5.41, 5.74) is 4.24. The Morgan fingerprint density at radius 2 is 1.74 bits per heavy atom. The molecule has 0 atom stereocenters. The van der Waals surface area contributed by atoms with Gasteiger partial charge in [-0.2, -0.15) is 0 Å². The molecule has 0 N–H and O–H groups in total. The normalized spacial score (nSPS) is 15.9. The highest BCUT2D eigenvalue weighted by atomic mass is 32.1. The first-order valence-electron chi connectivity index (χ1n) is 8.02. The molecule has 0 spiro atoms. The highest BCUT2D eigenvalue weighted by Gasteiger charge is 2.22. The number of carbonyl (C=O) groups excluding carboxylic acids is 1. The topological polar surface area (TPSA) is 36.4 Å². The maximum atomic E-state index is 12.7. The summed E-state index contributed by atoms with van der Waals surface area (Å²) < 4.78 is 0. The first-order chi connectivity index (χ1) is 11.0. The van der Waals surface area contributed by atoms with Gasteiger partial charge < -0.3 is 4.90 Å². The fourth-order valence-electron chi connectivity index (χ4n) is 3.10. The van der Waals surface area contributed by atoms with Crippen LogP contribution in [-0.2, 0) is 6.54 Å². The van der Waals surface area contributed by atoms with E-state index >= 15 is 0 Å². The Labute approximate surface area is 141 Å². The molecule has 1 fully saturated rings. The molecule has 1 aliphatic rings. The van der Waals surface area contributed by atoms with E-state index in [2.05, 4.69) is 21.3 Å². The van der Waals surface area contributed by atoms with Gasteiger partial charge in [-0.15, -0.1) is 11.3 Å². The van der Waals surface area contributed by atoms with Gasteiger partial charge >= 0.3 is 0 Å². The van der Waals surface area contributed by atoms with Gasteiger partial charge in [0.15, 0.2) is 0 Å². The Bertz CT molecular complexity index is 682. The number of aryl methyl sites for hydroxylation is 3. The minimum Gasteiger partial charge on any atom is -0.336 e. The third-order valence-corrected chi connectivity index (χ3v) is 5.00. The number of thiazole rings is 1. The van der Waals surface area contributed by atoms with Crippen molar-refractivity contribution in [1.82, 2.24) is 14.8 Å². The number of hydrogen-bond acceptors (Lipinski definition) is 4. The fourth-order valence-corrected chi connectivity index (χ4v) is 3.70. The van der Waals surface area contributed by atoms with Gasteiger partial charge in [0, 0.05) is 43.7 Å². The minimum absolute atomic E-state index is 0.154. The second kappa shape index (κ2) is 6.81. The summed E-state index contributed by atoms with van der Waals surface area (Å²) in [5, 5.41) is 3.24. The average Bonchev–Trinajstić information content (AvgIpc) is 2.91. The minimum atomic E-state index is 0.154. The van der Waals surface area contributed by atoms with Crippen LogP contribution >= 0.6 is 11.3 Å². The van der Waals surface area contributed by atoms with Gasteiger partial charge in [0.1, 0.15) is 0 Å². The maximum Gasteiger partial charge on any atom is 0.253 e. The molecule has 1 aromatic carbocycles. The number of carbonyl (C=O) groups is 1. The van der Waals surface area contributed by atoms with Crippen molar-refractivity contribution in [2.24, 2.45) is 0 Å². The van der Waals surface area contributed by atoms with Crippen molar-refractivity contribution in [2.75, 3.05) is 26.2 Å². The van der Waals surface area contributed by atoms with Crippen LogP contribution in [0.1, 0.15) is 32.2 Å². The van der Waals surface area contributed by atoms with E-state index in [0.29, 0.717) is 0 Å². The molecule has 0 saturated carbocycles. The second-order valence-electron chi connectivity index (χ2n) is 6.30. The molecule has 0 aliphatic carbocycles. The fraction of sp³-hybridized carbons (Fsp3) is 0.444. The Morgan fingerprint density at radius 3 is 2.30 bits per heavy atom. The molecule has 1 aromatic heterocycles. The van der Waals surface area contributed by atoms with Crippen molar-refractivity contribution in [3.8, 4) is 0 Å². The molecule has 3 rings (SSSR count). The molecule has 1 saturated heterocycles. The van der Waals surface area contributed by atoms with E-state index < -0.39 is 0 Å². The van der Waals surface area contributed by atoms with Crippen LogP contribution < -0.4 is 0 Å². The van der Waals surface area contributed by atoms with Crippen molar-refractivity contribution in [3.05, 3.63) is 51.0 Å². The zero-order chi connectivity index (χ0) is 16.4. The number of nitrogens with zero attached hydrogens (tertiary/aromatic N) is 3. The molecule has 23 heavy (non-hydrogen) atoms. The van der Waals surface area contributed by atoms with E-state index in [1.807, 2.05) is 37.8 Å². The molecule has 1 aliphatic heterocycles. The van der Waals surface area contributed by atoms with Gasteiger partial charge in [-0.25, -0.2) is 4.98 Å². The Hall–Kier alpha value is -1.72. The van der Waals surface area contributed by atoms with E-state index in [1.165, 1.54) is 0 Å². The summed E-state index contributed by atoms with van der Waals surface area (Å²) in [5.74, 6) is 0.154. The summed E-state index contributed by atoms with van der Waals surface area (Å²) in [6.45, 7) is 10.4. The third kappa shape index (κ3) is 3.98. The smallest absolute Gasteiger partial charge is 0.253 e. The van der Waals surface area contributed by atoms with E-state index in [-0.39, 0.29) is 5.91 Å². The molecular weight excluding hydrogens is 306 g/mol. The van der Waals surface area contributed by atoms with Crippen LogP contribution in [0.15, 0.2) is 23.6 Å². The number of hydrogen-bond donors (Lipinski definition) is 0. The Balaban J connectivity index is 1.58. The highest BCUT2D eigenvalue weighted by Crippen LogP contribution is 2.15. The van der Waals surface area contributed by atoms with Crippen LogP contribution in [-0.4, -0.2) is 46.9 Å². The average molecular weight is 329 g/mol. The van der Waals surface area contributed by atoms with E-state index in [9.17, 15) is 4.79 Å².